The van der Waals surface area contributed by atoms with Gasteiger partial charge in [0.2, 0.25) is 0 Å². The number of hydrogen-bond acceptors (Lipinski definition) is 4. The van der Waals surface area contributed by atoms with Crippen LogP contribution in [0.5, 0.6) is 0 Å². The summed E-state index contributed by atoms with van der Waals surface area (Å²) in [7, 11) is 0. The summed E-state index contributed by atoms with van der Waals surface area (Å²) in [4.78, 5) is 49.6. The van der Waals surface area contributed by atoms with Gasteiger partial charge in [0.1, 0.15) is 0 Å². The van der Waals surface area contributed by atoms with Gasteiger partial charge in [-0.2, -0.15) is 0 Å². The highest BCUT2D eigenvalue weighted by Gasteiger charge is 2.11. The molecule has 2 N–H and O–H groups in total. The zero-order valence-electron chi connectivity index (χ0n) is 7.79. The number of aromatic nitrogens is 2. The Morgan fingerprint density at radius 2 is 1.12 bits per heavy atom. The van der Waals surface area contributed by atoms with E-state index < -0.39 is 22.0 Å². The van der Waals surface area contributed by atoms with Crippen LogP contribution in [0.1, 0.15) is 0 Å². The highest BCUT2D eigenvalue weighted by molar-refractivity contribution is 5.94. The van der Waals surface area contributed by atoms with Gasteiger partial charge in [-0.05, 0) is 12.1 Å². The summed E-state index contributed by atoms with van der Waals surface area (Å²) >= 11 is 0. The molecule has 0 amide bonds. The van der Waals surface area contributed by atoms with Crippen LogP contribution in [0, 0.1) is 0 Å². The largest absolute Gasteiger partial charge is 0.318 e. The molecule has 0 radical (unpaired) electrons. The Labute approximate surface area is 85.9 Å². The quantitative estimate of drug-likeness (QED) is 0.469. The topological polar surface area (TPSA) is 99.9 Å². The number of nitrogens with one attached hydrogen (secondary N) is 2. The molecule has 3 aromatic rings. The third kappa shape index (κ3) is 0.902. The molecule has 0 spiro atoms. The first-order chi connectivity index (χ1) is 7.58. The van der Waals surface area contributed by atoms with E-state index >= 15 is 0 Å². The fourth-order valence-corrected chi connectivity index (χ4v) is 1.79. The first-order valence-electron chi connectivity index (χ1n) is 4.47. The van der Waals surface area contributed by atoms with Gasteiger partial charge in [0.05, 0.1) is 21.8 Å². The van der Waals surface area contributed by atoms with Gasteiger partial charge in [0.15, 0.2) is 0 Å². The van der Waals surface area contributed by atoms with Crippen LogP contribution in [0.4, 0.5) is 0 Å². The monoisotopic (exact) mass is 216 g/mol. The lowest BCUT2D eigenvalue weighted by molar-refractivity contribution is 1.32. The fraction of sp³-hybridized carbons (Fsp3) is 0. The lowest BCUT2D eigenvalue weighted by atomic mass is 10.2. The molecule has 3 rings (SSSR count). The molecule has 0 saturated carbocycles. The first-order valence-corrected chi connectivity index (χ1v) is 4.47. The van der Waals surface area contributed by atoms with Crippen molar-refractivity contribution < 1.29 is 0 Å². The number of fused-ring (bicyclic) bond motifs is 2. The summed E-state index contributed by atoms with van der Waals surface area (Å²) in [6, 6.07) is 2.68. The van der Waals surface area contributed by atoms with Crippen molar-refractivity contribution in [1.82, 2.24) is 9.97 Å². The molecule has 78 valence electrons. The summed E-state index contributed by atoms with van der Waals surface area (Å²) in [5.41, 5.74) is -2.18. The van der Waals surface area contributed by atoms with E-state index in [1.165, 1.54) is 12.1 Å². The second-order valence-electron chi connectivity index (χ2n) is 3.51. The third-order valence-electron chi connectivity index (χ3n) is 2.56. The molecule has 0 unspecified atom stereocenters. The molecule has 1 aromatic carbocycles. The standard InChI is InChI=1S/C10H4N2O4/c13-7-3-1-4-6(12-10(16)8(4)14)2-5(3)11-9(7)15/h1-2H,(H,11,13,15)(H,12,14,16). The van der Waals surface area contributed by atoms with Crippen molar-refractivity contribution in [2.45, 2.75) is 0 Å². The molecule has 0 aliphatic carbocycles. The normalized spacial score (nSPS) is 11.5. The molecule has 6 nitrogen and oxygen atoms in total. The summed E-state index contributed by atoms with van der Waals surface area (Å²) in [5.74, 6) is 0. The van der Waals surface area contributed by atoms with Gasteiger partial charge in [-0.1, -0.05) is 0 Å². The average molecular weight is 216 g/mol. The summed E-state index contributed by atoms with van der Waals surface area (Å²) in [6.45, 7) is 0. The second-order valence-corrected chi connectivity index (χ2v) is 3.51. The van der Waals surface area contributed by atoms with E-state index in [1.54, 1.807) is 0 Å². The van der Waals surface area contributed by atoms with Gasteiger partial charge >= 0.3 is 0 Å². The summed E-state index contributed by atoms with van der Waals surface area (Å²) in [5, 5.41) is 0.266. The molecular weight excluding hydrogens is 212 g/mol. The molecule has 6 heteroatoms. The van der Waals surface area contributed by atoms with E-state index in [9.17, 15) is 19.2 Å². The van der Waals surface area contributed by atoms with Crippen molar-refractivity contribution in [3.8, 4) is 0 Å². The van der Waals surface area contributed by atoms with Gasteiger partial charge in [0.25, 0.3) is 22.0 Å². The minimum Gasteiger partial charge on any atom is -0.318 e. The van der Waals surface area contributed by atoms with Crippen molar-refractivity contribution in [1.29, 1.82) is 0 Å². The Morgan fingerprint density at radius 1 is 0.688 bits per heavy atom. The van der Waals surface area contributed by atoms with Gasteiger partial charge in [0, 0.05) is 0 Å². The van der Waals surface area contributed by atoms with Gasteiger partial charge in [-0.25, -0.2) is 0 Å². The van der Waals surface area contributed by atoms with Crippen molar-refractivity contribution in [2.75, 3.05) is 0 Å². The second kappa shape index (κ2) is 2.54. The van der Waals surface area contributed by atoms with E-state index in [2.05, 4.69) is 9.97 Å². The molecule has 0 saturated heterocycles. The lowest BCUT2D eigenvalue weighted by Gasteiger charge is -1.88. The molecule has 0 fully saturated rings. The minimum absolute atomic E-state index is 0.133. The van der Waals surface area contributed by atoms with Gasteiger partial charge in [-0.3, -0.25) is 19.2 Å². The van der Waals surface area contributed by atoms with Crippen molar-refractivity contribution >= 4 is 21.8 Å². The van der Waals surface area contributed by atoms with Gasteiger partial charge in [-0.15, -0.1) is 0 Å². The molecule has 0 bridgehead atoms. The predicted octanol–water partition coefficient (Wildman–Crippen LogP) is -1.03. The van der Waals surface area contributed by atoms with Crippen LogP contribution in [0.15, 0.2) is 31.3 Å². The van der Waals surface area contributed by atoms with Crippen molar-refractivity contribution in [3.63, 3.8) is 0 Å². The molecule has 0 aliphatic heterocycles. The Bertz CT molecular complexity index is 848. The highest BCUT2D eigenvalue weighted by atomic mass is 16.2. The summed E-state index contributed by atoms with van der Waals surface area (Å²) in [6.07, 6.45) is 0. The van der Waals surface area contributed by atoms with Crippen LogP contribution in [0.3, 0.4) is 0 Å². The van der Waals surface area contributed by atoms with E-state index in [-0.39, 0.29) is 10.8 Å². The SMILES string of the molecule is O=c1[nH]c2cc3[nH]c(=O)c(=O)c3cc2c1=O. The number of hydrogen-bond donors (Lipinski definition) is 2. The number of benzene rings is 1. The average Bonchev–Trinajstić information content (AvgIpc) is 2.66. The molecule has 0 aliphatic rings. The summed E-state index contributed by atoms with van der Waals surface area (Å²) < 4.78 is 0. The molecule has 16 heavy (non-hydrogen) atoms. The van der Waals surface area contributed by atoms with E-state index in [0.717, 1.165) is 0 Å². The van der Waals surface area contributed by atoms with Crippen LogP contribution < -0.4 is 22.0 Å². The maximum Gasteiger partial charge on any atom is 0.296 e. The fourth-order valence-electron chi connectivity index (χ4n) is 1.79. The smallest absolute Gasteiger partial charge is 0.296 e. The number of H-pyrrole nitrogens is 2. The zero-order chi connectivity index (χ0) is 11.4. The number of rotatable bonds is 0. The molecule has 0 atom stereocenters. The Morgan fingerprint density at radius 3 is 1.56 bits per heavy atom. The highest BCUT2D eigenvalue weighted by Crippen LogP contribution is 2.12. The van der Waals surface area contributed by atoms with Crippen molar-refractivity contribution in [3.05, 3.63) is 53.3 Å². The minimum atomic E-state index is -0.725. The van der Waals surface area contributed by atoms with Crippen molar-refractivity contribution in [2.24, 2.45) is 0 Å². The van der Waals surface area contributed by atoms with Gasteiger partial charge < -0.3 is 9.97 Å². The van der Waals surface area contributed by atoms with Crippen LogP contribution >= 0.6 is 0 Å². The van der Waals surface area contributed by atoms with Crippen LogP contribution in [0.2, 0.25) is 0 Å². The number of aromatic amines is 2. The van der Waals surface area contributed by atoms with E-state index in [4.69, 9.17) is 0 Å². The van der Waals surface area contributed by atoms with Crippen LogP contribution in [-0.2, 0) is 0 Å². The maximum absolute atomic E-state index is 11.4. The van der Waals surface area contributed by atoms with Crippen LogP contribution in [-0.4, -0.2) is 9.97 Å². The maximum atomic E-state index is 11.4. The first kappa shape index (κ1) is 8.78. The Balaban J connectivity index is 2.74. The van der Waals surface area contributed by atoms with E-state index in [0.29, 0.717) is 11.0 Å². The molecule has 2 aromatic heterocycles. The molecule has 2 heterocycles. The molecular formula is C10H4N2O4. The van der Waals surface area contributed by atoms with E-state index in [1.807, 2.05) is 0 Å². The third-order valence-corrected chi connectivity index (χ3v) is 2.56. The van der Waals surface area contributed by atoms with Crippen LogP contribution in [0.25, 0.3) is 21.8 Å². The Hall–Kier alpha value is -2.50. The lowest BCUT2D eigenvalue weighted by Crippen LogP contribution is -2.20. The Kier molecular flexibility index (Phi) is 1.40. The predicted molar refractivity (Wildman–Crippen MR) is 57.6 cm³/mol. The zero-order valence-corrected chi connectivity index (χ0v) is 7.79.